The van der Waals surface area contributed by atoms with Gasteiger partial charge in [0, 0.05) is 58.1 Å². The summed E-state index contributed by atoms with van der Waals surface area (Å²) in [5.41, 5.74) is 10.8. The molecule has 0 spiro atoms. The highest BCUT2D eigenvalue weighted by Crippen LogP contribution is 2.28. The number of carbonyl (C=O) groups is 1. The number of rotatable bonds is 12. The number of aromatic nitrogens is 5. The van der Waals surface area contributed by atoms with E-state index in [4.69, 9.17) is 15.5 Å². The van der Waals surface area contributed by atoms with Crippen molar-refractivity contribution in [2.75, 3.05) is 12.3 Å². The van der Waals surface area contributed by atoms with Crippen molar-refractivity contribution in [1.29, 1.82) is 0 Å². The van der Waals surface area contributed by atoms with Gasteiger partial charge in [-0.2, -0.15) is 0 Å². The number of ether oxygens (including phenoxy) is 1. The lowest BCUT2D eigenvalue weighted by molar-refractivity contribution is -0.122. The second-order valence-corrected chi connectivity index (χ2v) is 18.0. The van der Waals surface area contributed by atoms with Crippen LogP contribution < -0.4 is 16.5 Å². The number of anilines is 1. The number of hydrogen-bond acceptors (Lipinski definition) is 7. The highest BCUT2D eigenvalue weighted by atomic mass is 28.3. The molecule has 3 N–H and O–H groups in total. The average Bonchev–Trinajstić information content (AvgIpc) is 3.49. The molecule has 0 radical (unpaired) electrons. The molecule has 1 unspecified atom stereocenters. The number of nitrogens with zero attached hydrogens (tertiary/aromatic N) is 5. The topological polar surface area (TPSA) is 130 Å². The first kappa shape index (κ1) is 31.8. The summed E-state index contributed by atoms with van der Waals surface area (Å²) < 4.78 is 9.62. The summed E-state index contributed by atoms with van der Waals surface area (Å²) in [6, 6.07) is 16.2. The lowest BCUT2D eigenvalue weighted by Crippen LogP contribution is -2.27. The predicted molar refractivity (Wildman–Crippen MR) is 181 cm³/mol. The van der Waals surface area contributed by atoms with E-state index in [-0.39, 0.29) is 17.3 Å². The predicted octanol–water partition coefficient (Wildman–Crippen LogP) is 5.66. The Kier molecular flexibility index (Phi) is 9.59. The van der Waals surface area contributed by atoms with Gasteiger partial charge in [0.1, 0.15) is 29.6 Å². The maximum Gasteiger partial charge on any atom is 0.227 e. The third-order valence-electron chi connectivity index (χ3n) is 7.95. The number of carbonyl (C=O) groups excluding carboxylic acids is 1. The number of aryl methyl sites for hydroxylation is 1. The van der Waals surface area contributed by atoms with Crippen molar-refractivity contribution in [1.82, 2.24) is 29.4 Å². The van der Waals surface area contributed by atoms with E-state index >= 15 is 0 Å². The van der Waals surface area contributed by atoms with Crippen LogP contribution in [0.25, 0.3) is 33.7 Å². The van der Waals surface area contributed by atoms with Crippen molar-refractivity contribution in [2.45, 2.75) is 65.3 Å². The van der Waals surface area contributed by atoms with Gasteiger partial charge >= 0.3 is 0 Å². The van der Waals surface area contributed by atoms with Gasteiger partial charge < -0.3 is 24.9 Å². The molecule has 4 heterocycles. The molecule has 1 atom stereocenters. The van der Waals surface area contributed by atoms with Gasteiger partial charge in [0.25, 0.3) is 0 Å². The summed E-state index contributed by atoms with van der Waals surface area (Å²) >= 11 is 0. The molecule has 1 amide bonds. The lowest BCUT2D eigenvalue weighted by Gasteiger charge is -2.18. The smallest absolute Gasteiger partial charge is 0.227 e. The number of fused-ring (bicyclic) bond motifs is 1. The number of imidazole rings is 1. The third-order valence-corrected chi connectivity index (χ3v) is 9.65. The third kappa shape index (κ3) is 7.21. The first-order valence-electron chi connectivity index (χ1n) is 15.3. The Hall–Kier alpha value is -4.61. The number of nitrogens with two attached hydrogens (primary N) is 1. The van der Waals surface area contributed by atoms with Crippen LogP contribution in [-0.2, 0) is 29.4 Å². The molecule has 5 aromatic rings. The fraction of sp³-hybridized carbons (Fsp3) is 0.324. The maximum absolute atomic E-state index is 13.8. The zero-order valence-electron chi connectivity index (χ0n) is 26.6. The number of nitrogens with one attached hydrogen (secondary N) is 1. The van der Waals surface area contributed by atoms with Gasteiger partial charge in [-0.15, -0.1) is 0 Å². The molecule has 1 aromatic carbocycles. The molecule has 0 aliphatic rings. The van der Waals surface area contributed by atoms with Crippen molar-refractivity contribution in [2.24, 2.45) is 0 Å². The summed E-state index contributed by atoms with van der Waals surface area (Å²) in [6.45, 7) is 12.7. The minimum atomic E-state index is -1.22. The minimum absolute atomic E-state index is 0.0552. The SMILES string of the molecule is CCn1c(N)c(-c2nccn2COCC[Si](C)(C)C)c(=O)c2ccc(-c3ccc(C(C)C(=O)NCc4ccncc4)cc3)nc21. The van der Waals surface area contributed by atoms with E-state index in [2.05, 4.69) is 34.9 Å². The largest absolute Gasteiger partial charge is 0.384 e. The molecule has 11 heteroatoms. The standard InChI is InChI=1S/C34H41N7O3Si/c1-6-41-31(35)29(33-37-17-18-40(33)22-44-19-20-45(3,4)5)30(42)27-11-12-28(39-32(27)41)26-9-7-25(8-10-26)23(2)34(43)38-21-24-13-15-36-16-14-24/h7-18,23H,6,19-22,35H2,1-5H3,(H,38,43). The molecule has 0 aliphatic carbocycles. The van der Waals surface area contributed by atoms with Crippen molar-refractivity contribution in [3.05, 3.63) is 94.7 Å². The van der Waals surface area contributed by atoms with Crippen LogP contribution in [0.2, 0.25) is 25.7 Å². The molecule has 0 fully saturated rings. The number of pyridine rings is 3. The first-order valence-corrected chi connectivity index (χ1v) is 19.0. The zero-order chi connectivity index (χ0) is 32.1. The van der Waals surface area contributed by atoms with Crippen LogP contribution in [0, 0.1) is 0 Å². The van der Waals surface area contributed by atoms with Crippen molar-refractivity contribution in [3.8, 4) is 22.6 Å². The first-order chi connectivity index (χ1) is 21.6. The van der Waals surface area contributed by atoms with Crippen LogP contribution >= 0.6 is 0 Å². The van der Waals surface area contributed by atoms with Crippen molar-refractivity contribution < 1.29 is 9.53 Å². The molecular weight excluding hydrogens is 583 g/mol. The van der Waals surface area contributed by atoms with E-state index < -0.39 is 8.07 Å². The van der Waals surface area contributed by atoms with Crippen LogP contribution in [0.15, 0.2) is 78.1 Å². The molecule has 10 nitrogen and oxygen atoms in total. The Morgan fingerprint density at radius 2 is 1.78 bits per heavy atom. The Bertz CT molecular complexity index is 1840. The van der Waals surface area contributed by atoms with Gasteiger partial charge in [0.05, 0.1) is 17.0 Å². The maximum atomic E-state index is 13.8. The van der Waals surface area contributed by atoms with E-state index in [1.165, 1.54) is 0 Å². The highest BCUT2D eigenvalue weighted by molar-refractivity contribution is 6.76. The van der Waals surface area contributed by atoms with E-state index in [9.17, 15) is 9.59 Å². The number of nitrogen functional groups attached to an aromatic ring is 1. The van der Waals surface area contributed by atoms with Crippen LogP contribution in [0.5, 0.6) is 0 Å². The highest BCUT2D eigenvalue weighted by Gasteiger charge is 2.22. The Morgan fingerprint density at radius 1 is 1.04 bits per heavy atom. The van der Waals surface area contributed by atoms with E-state index in [0.29, 0.717) is 60.4 Å². The normalized spacial score (nSPS) is 12.4. The average molecular weight is 624 g/mol. The van der Waals surface area contributed by atoms with E-state index in [1.807, 2.05) is 65.4 Å². The second-order valence-electron chi connectivity index (χ2n) is 12.4. The van der Waals surface area contributed by atoms with Crippen molar-refractivity contribution in [3.63, 3.8) is 0 Å². The van der Waals surface area contributed by atoms with Gasteiger partial charge in [-0.25, -0.2) is 9.97 Å². The van der Waals surface area contributed by atoms with Gasteiger partial charge in [0.15, 0.2) is 0 Å². The summed E-state index contributed by atoms with van der Waals surface area (Å²) in [7, 11) is -1.22. The van der Waals surface area contributed by atoms with Gasteiger partial charge in [-0.1, -0.05) is 43.9 Å². The molecule has 0 aliphatic heterocycles. The second kappa shape index (κ2) is 13.6. The quantitative estimate of drug-likeness (QED) is 0.136. The van der Waals surface area contributed by atoms with Gasteiger partial charge in [-0.05, 0) is 55.3 Å². The Labute approximate surface area is 264 Å². The molecule has 5 rings (SSSR count). The van der Waals surface area contributed by atoms with Gasteiger partial charge in [-0.3, -0.25) is 14.6 Å². The molecule has 4 aromatic heterocycles. The summed E-state index contributed by atoms with van der Waals surface area (Å²) in [5.74, 6) is 0.414. The van der Waals surface area contributed by atoms with Crippen LogP contribution in [0.4, 0.5) is 5.82 Å². The number of amides is 1. The number of benzene rings is 1. The fourth-order valence-corrected chi connectivity index (χ4v) is 5.90. The Morgan fingerprint density at radius 3 is 2.47 bits per heavy atom. The molecule has 0 bridgehead atoms. The molecule has 0 saturated carbocycles. The molecular formula is C34H41N7O3Si. The van der Waals surface area contributed by atoms with E-state index in [0.717, 1.165) is 22.7 Å². The zero-order valence-corrected chi connectivity index (χ0v) is 27.6. The minimum Gasteiger partial charge on any atom is -0.384 e. The monoisotopic (exact) mass is 623 g/mol. The van der Waals surface area contributed by atoms with Crippen LogP contribution in [0.1, 0.15) is 30.9 Å². The molecule has 234 valence electrons. The van der Waals surface area contributed by atoms with Crippen molar-refractivity contribution >= 4 is 30.8 Å². The summed E-state index contributed by atoms with van der Waals surface area (Å²) in [5, 5.41) is 3.46. The van der Waals surface area contributed by atoms with Crippen LogP contribution in [0.3, 0.4) is 0 Å². The summed E-state index contributed by atoms with van der Waals surface area (Å²) in [4.78, 5) is 40.0. The van der Waals surface area contributed by atoms with Crippen LogP contribution in [-0.4, -0.2) is 44.7 Å². The molecule has 0 saturated heterocycles. The Balaban J connectivity index is 1.38. The number of hydrogen-bond donors (Lipinski definition) is 2. The lowest BCUT2D eigenvalue weighted by atomic mass is 9.98. The molecule has 45 heavy (non-hydrogen) atoms. The summed E-state index contributed by atoms with van der Waals surface area (Å²) in [6.07, 6.45) is 6.88. The van der Waals surface area contributed by atoms with Gasteiger partial charge in [0.2, 0.25) is 11.3 Å². The van der Waals surface area contributed by atoms with E-state index in [1.54, 1.807) is 30.9 Å². The fourth-order valence-electron chi connectivity index (χ4n) is 5.15.